The van der Waals surface area contributed by atoms with Crippen LogP contribution in [0, 0.1) is 17.0 Å². The third kappa shape index (κ3) is 3.91. The van der Waals surface area contributed by atoms with Crippen molar-refractivity contribution < 1.29 is 18.9 Å². The fraction of sp³-hybridized carbons (Fsp3) is 0.0455. The molecule has 10 heteroatoms. The SMILES string of the molecule is Cc1cc([N+](=O)[O-])ccc1-c1ccc(/C=C2/C(=O)NC(=S)N(c3ccccc3Cl)C2=O)o1. The quantitative estimate of drug-likeness (QED) is 0.197. The summed E-state index contributed by atoms with van der Waals surface area (Å²) >= 11 is 11.4. The lowest BCUT2D eigenvalue weighted by atomic mass is 10.1. The van der Waals surface area contributed by atoms with E-state index in [0.717, 1.165) is 4.90 Å². The summed E-state index contributed by atoms with van der Waals surface area (Å²) in [6, 6.07) is 14.3. The number of nitro benzene ring substituents is 1. The summed E-state index contributed by atoms with van der Waals surface area (Å²) in [7, 11) is 0. The Labute approximate surface area is 192 Å². The number of hydrogen-bond acceptors (Lipinski definition) is 6. The molecule has 32 heavy (non-hydrogen) atoms. The summed E-state index contributed by atoms with van der Waals surface area (Å²) in [5.41, 5.74) is 1.44. The highest BCUT2D eigenvalue weighted by Gasteiger charge is 2.35. The van der Waals surface area contributed by atoms with E-state index >= 15 is 0 Å². The molecule has 0 spiro atoms. The summed E-state index contributed by atoms with van der Waals surface area (Å²) in [5.74, 6) is -0.612. The first-order valence-electron chi connectivity index (χ1n) is 9.27. The Balaban J connectivity index is 1.68. The summed E-state index contributed by atoms with van der Waals surface area (Å²) in [5, 5.41) is 13.7. The number of nitro groups is 1. The van der Waals surface area contributed by atoms with Gasteiger partial charge in [0.25, 0.3) is 17.5 Å². The van der Waals surface area contributed by atoms with Crippen LogP contribution in [0.15, 0.2) is 64.6 Å². The van der Waals surface area contributed by atoms with Crippen molar-refractivity contribution in [3.8, 4) is 11.3 Å². The molecule has 1 fully saturated rings. The zero-order chi connectivity index (χ0) is 23.0. The fourth-order valence-electron chi connectivity index (χ4n) is 3.26. The highest BCUT2D eigenvalue weighted by Crippen LogP contribution is 2.31. The molecule has 160 valence electrons. The summed E-state index contributed by atoms with van der Waals surface area (Å²) < 4.78 is 5.79. The lowest BCUT2D eigenvalue weighted by Gasteiger charge is -2.29. The van der Waals surface area contributed by atoms with Gasteiger partial charge in [-0.2, -0.15) is 0 Å². The molecule has 2 heterocycles. The average molecular weight is 468 g/mol. The van der Waals surface area contributed by atoms with Crippen LogP contribution in [0.1, 0.15) is 11.3 Å². The third-order valence-corrected chi connectivity index (χ3v) is 5.40. The number of benzene rings is 2. The maximum Gasteiger partial charge on any atom is 0.270 e. The number of thiocarbonyl (C=S) groups is 1. The molecule has 0 atom stereocenters. The number of carbonyl (C=O) groups is 2. The van der Waals surface area contributed by atoms with Crippen LogP contribution in [0.2, 0.25) is 5.02 Å². The van der Waals surface area contributed by atoms with Crippen LogP contribution in [-0.4, -0.2) is 21.9 Å². The van der Waals surface area contributed by atoms with E-state index in [1.165, 1.54) is 18.2 Å². The Kier molecular flexibility index (Phi) is 5.60. The van der Waals surface area contributed by atoms with Crippen LogP contribution in [0.4, 0.5) is 11.4 Å². The normalized spacial score (nSPS) is 15.2. The van der Waals surface area contributed by atoms with Gasteiger partial charge in [0.15, 0.2) is 5.11 Å². The molecule has 0 unspecified atom stereocenters. The maximum absolute atomic E-state index is 13.1. The molecule has 2 amide bonds. The molecule has 0 saturated carbocycles. The molecule has 3 aromatic rings. The van der Waals surface area contributed by atoms with Gasteiger partial charge in [0, 0.05) is 17.7 Å². The van der Waals surface area contributed by atoms with Crippen molar-refractivity contribution >= 4 is 58.2 Å². The first-order valence-corrected chi connectivity index (χ1v) is 10.1. The summed E-state index contributed by atoms with van der Waals surface area (Å²) in [6.07, 6.45) is 1.31. The van der Waals surface area contributed by atoms with Crippen LogP contribution in [0.25, 0.3) is 17.4 Å². The predicted octanol–water partition coefficient (Wildman–Crippen LogP) is 4.65. The monoisotopic (exact) mass is 467 g/mol. The van der Waals surface area contributed by atoms with Gasteiger partial charge in [-0.25, -0.2) is 0 Å². The van der Waals surface area contributed by atoms with Crippen LogP contribution >= 0.6 is 23.8 Å². The van der Waals surface area contributed by atoms with Gasteiger partial charge in [-0.05, 0) is 61.1 Å². The van der Waals surface area contributed by atoms with Crippen molar-refractivity contribution in [3.63, 3.8) is 0 Å². The molecule has 1 aliphatic rings. The molecular formula is C22H14ClN3O5S. The second-order valence-corrected chi connectivity index (χ2v) is 7.66. The molecule has 1 N–H and O–H groups in total. The first kappa shape index (κ1) is 21.4. The molecule has 8 nitrogen and oxygen atoms in total. The molecule has 0 radical (unpaired) electrons. The summed E-state index contributed by atoms with van der Waals surface area (Å²) in [4.78, 5) is 37.2. The minimum absolute atomic E-state index is 0.0275. The molecule has 4 rings (SSSR count). The Hall–Kier alpha value is -3.82. The molecule has 2 aromatic carbocycles. The number of halogens is 1. The highest BCUT2D eigenvalue weighted by molar-refractivity contribution is 7.80. The molecular weight excluding hydrogens is 454 g/mol. The molecule has 0 bridgehead atoms. The number of anilines is 1. The topological polar surface area (TPSA) is 106 Å². The van der Waals surface area contributed by atoms with E-state index < -0.39 is 16.7 Å². The van der Waals surface area contributed by atoms with Crippen molar-refractivity contribution in [2.75, 3.05) is 4.90 Å². The summed E-state index contributed by atoms with van der Waals surface area (Å²) in [6.45, 7) is 1.73. The molecule has 0 aliphatic carbocycles. The van der Waals surface area contributed by atoms with Crippen molar-refractivity contribution in [2.24, 2.45) is 0 Å². The van der Waals surface area contributed by atoms with Crippen molar-refractivity contribution in [1.29, 1.82) is 0 Å². The van der Waals surface area contributed by atoms with Gasteiger partial charge in [-0.1, -0.05) is 23.7 Å². The Bertz CT molecular complexity index is 1330. The largest absolute Gasteiger partial charge is 0.457 e. The predicted molar refractivity (Wildman–Crippen MR) is 123 cm³/mol. The zero-order valence-corrected chi connectivity index (χ0v) is 18.1. The first-order chi connectivity index (χ1) is 15.3. The zero-order valence-electron chi connectivity index (χ0n) is 16.5. The number of hydrogen-bond donors (Lipinski definition) is 1. The van der Waals surface area contributed by atoms with Gasteiger partial charge in [-0.3, -0.25) is 29.9 Å². The van der Waals surface area contributed by atoms with E-state index in [0.29, 0.717) is 27.6 Å². The van der Waals surface area contributed by atoms with E-state index in [4.69, 9.17) is 28.2 Å². The fourth-order valence-corrected chi connectivity index (χ4v) is 3.76. The van der Waals surface area contributed by atoms with E-state index in [1.807, 2.05) is 0 Å². The Morgan fingerprint density at radius 2 is 1.91 bits per heavy atom. The van der Waals surface area contributed by atoms with Gasteiger partial charge >= 0.3 is 0 Å². The molecule has 1 aliphatic heterocycles. The number of amides is 2. The van der Waals surface area contributed by atoms with Gasteiger partial charge in [0.1, 0.15) is 17.1 Å². The standard InChI is InChI=1S/C22H14ClN3O5S/c1-12-10-13(26(29)30)6-8-15(12)19-9-7-14(31-19)11-16-20(27)24-22(32)25(21(16)28)18-5-3-2-4-17(18)23/h2-11H,1H3,(H,24,27,32)/b16-11-. The number of non-ortho nitro benzene ring substituents is 1. The molecule has 1 aromatic heterocycles. The van der Waals surface area contributed by atoms with Crippen LogP contribution < -0.4 is 10.2 Å². The Morgan fingerprint density at radius 3 is 2.59 bits per heavy atom. The Morgan fingerprint density at radius 1 is 1.16 bits per heavy atom. The lowest BCUT2D eigenvalue weighted by Crippen LogP contribution is -2.54. The van der Waals surface area contributed by atoms with Gasteiger partial charge in [0.2, 0.25) is 0 Å². The van der Waals surface area contributed by atoms with Crippen molar-refractivity contribution in [3.05, 3.63) is 86.6 Å². The number of para-hydroxylation sites is 1. The van der Waals surface area contributed by atoms with Gasteiger partial charge in [-0.15, -0.1) is 0 Å². The highest BCUT2D eigenvalue weighted by atomic mass is 35.5. The lowest BCUT2D eigenvalue weighted by molar-refractivity contribution is -0.384. The van der Waals surface area contributed by atoms with Crippen LogP contribution in [-0.2, 0) is 9.59 Å². The number of aryl methyl sites for hydroxylation is 1. The van der Waals surface area contributed by atoms with Gasteiger partial charge in [0.05, 0.1) is 15.6 Å². The second-order valence-electron chi connectivity index (χ2n) is 6.87. The van der Waals surface area contributed by atoms with Crippen molar-refractivity contribution in [1.82, 2.24) is 5.32 Å². The minimum Gasteiger partial charge on any atom is -0.457 e. The number of carbonyl (C=O) groups excluding carboxylic acids is 2. The van der Waals surface area contributed by atoms with Crippen molar-refractivity contribution in [2.45, 2.75) is 6.92 Å². The maximum atomic E-state index is 13.1. The second kappa shape index (κ2) is 8.37. The van der Waals surface area contributed by atoms with Crippen LogP contribution in [0.3, 0.4) is 0 Å². The van der Waals surface area contributed by atoms with E-state index in [9.17, 15) is 19.7 Å². The van der Waals surface area contributed by atoms with E-state index in [1.54, 1.807) is 49.4 Å². The van der Waals surface area contributed by atoms with E-state index in [2.05, 4.69) is 5.32 Å². The molecule has 1 saturated heterocycles. The third-order valence-electron chi connectivity index (χ3n) is 4.79. The number of nitrogens with one attached hydrogen (secondary N) is 1. The number of nitrogens with zero attached hydrogens (tertiary/aromatic N) is 2. The number of rotatable bonds is 4. The van der Waals surface area contributed by atoms with Gasteiger partial charge < -0.3 is 4.42 Å². The van der Waals surface area contributed by atoms with E-state index in [-0.39, 0.29) is 22.1 Å². The smallest absolute Gasteiger partial charge is 0.270 e. The minimum atomic E-state index is -0.659. The average Bonchev–Trinajstić information content (AvgIpc) is 3.20. The number of furan rings is 1. The van der Waals surface area contributed by atoms with Crippen LogP contribution in [0.5, 0.6) is 0 Å².